The molecule has 3 N–H and O–H groups in total. The molecule has 7 heteroatoms. The third-order valence-electron chi connectivity index (χ3n) is 4.47. The Balaban J connectivity index is 1.73. The Labute approximate surface area is 162 Å². The summed E-state index contributed by atoms with van der Waals surface area (Å²) in [5, 5.41) is 7.22. The first-order chi connectivity index (χ1) is 13.7. The van der Waals surface area contributed by atoms with Gasteiger partial charge in [-0.15, -0.1) is 0 Å². The van der Waals surface area contributed by atoms with Crippen molar-refractivity contribution in [1.29, 1.82) is 0 Å². The summed E-state index contributed by atoms with van der Waals surface area (Å²) in [4.78, 5) is 21.6. The number of nitrogens with one attached hydrogen (secondary N) is 1. The van der Waals surface area contributed by atoms with E-state index in [0.29, 0.717) is 23.4 Å². The zero-order valence-corrected chi connectivity index (χ0v) is 15.4. The predicted octanol–water partition coefficient (Wildman–Crippen LogP) is 2.54. The van der Waals surface area contributed by atoms with Crippen LogP contribution in [0.25, 0.3) is 28.2 Å². The normalized spacial score (nSPS) is 12.1. The Morgan fingerprint density at radius 2 is 2.00 bits per heavy atom. The lowest BCUT2D eigenvalue weighted by Gasteiger charge is -2.11. The minimum atomic E-state index is -0.184. The van der Waals surface area contributed by atoms with Gasteiger partial charge in [-0.05, 0) is 25.1 Å². The van der Waals surface area contributed by atoms with Gasteiger partial charge in [-0.2, -0.15) is 5.10 Å². The number of nitrogens with zero attached hydrogens (tertiary/aromatic N) is 4. The van der Waals surface area contributed by atoms with E-state index in [0.717, 1.165) is 16.8 Å². The molecule has 3 aromatic heterocycles. The van der Waals surface area contributed by atoms with Crippen molar-refractivity contribution in [1.82, 2.24) is 24.9 Å². The molecule has 0 bridgehead atoms. The van der Waals surface area contributed by atoms with Gasteiger partial charge in [-0.3, -0.25) is 9.78 Å². The molecule has 1 aromatic carbocycles. The Morgan fingerprint density at radius 1 is 1.18 bits per heavy atom. The summed E-state index contributed by atoms with van der Waals surface area (Å²) in [6, 6.07) is 15.2. The van der Waals surface area contributed by atoms with Crippen LogP contribution in [-0.2, 0) is 0 Å². The molecule has 0 aliphatic carbocycles. The molecule has 4 aromatic rings. The molecule has 0 fully saturated rings. The lowest BCUT2D eigenvalue weighted by atomic mass is 10.1. The summed E-state index contributed by atoms with van der Waals surface area (Å²) < 4.78 is 1.70. The molecule has 1 atom stereocenters. The van der Waals surface area contributed by atoms with Gasteiger partial charge in [0.15, 0.2) is 5.65 Å². The van der Waals surface area contributed by atoms with Gasteiger partial charge in [0.25, 0.3) is 5.91 Å². The molecule has 0 saturated heterocycles. The highest BCUT2D eigenvalue weighted by molar-refractivity contribution is 5.95. The van der Waals surface area contributed by atoms with Crippen molar-refractivity contribution < 1.29 is 4.79 Å². The van der Waals surface area contributed by atoms with Gasteiger partial charge in [-0.25, -0.2) is 9.50 Å². The first kappa shape index (κ1) is 17.8. The van der Waals surface area contributed by atoms with Crippen molar-refractivity contribution in [2.24, 2.45) is 5.73 Å². The molecule has 140 valence electrons. The number of hydrogen-bond acceptors (Lipinski definition) is 5. The molecule has 4 rings (SSSR count). The number of benzene rings is 1. The summed E-state index contributed by atoms with van der Waals surface area (Å²) >= 11 is 0. The maximum atomic E-state index is 12.4. The van der Waals surface area contributed by atoms with Crippen molar-refractivity contribution in [3.63, 3.8) is 0 Å². The van der Waals surface area contributed by atoms with E-state index in [-0.39, 0.29) is 11.9 Å². The highest BCUT2D eigenvalue weighted by Crippen LogP contribution is 2.25. The monoisotopic (exact) mass is 372 g/mol. The van der Waals surface area contributed by atoms with Gasteiger partial charge in [0, 0.05) is 36.1 Å². The number of rotatable bonds is 5. The van der Waals surface area contributed by atoms with E-state index in [1.54, 1.807) is 29.0 Å². The fourth-order valence-corrected chi connectivity index (χ4v) is 2.90. The average Bonchev–Trinajstić information content (AvgIpc) is 3.17. The minimum absolute atomic E-state index is 0.101. The molecule has 0 spiro atoms. The Hall–Kier alpha value is -3.58. The summed E-state index contributed by atoms with van der Waals surface area (Å²) in [5.41, 5.74) is 10.1. The van der Waals surface area contributed by atoms with Crippen LogP contribution in [0.1, 0.15) is 17.3 Å². The zero-order chi connectivity index (χ0) is 19.5. The van der Waals surface area contributed by atoms with Crippen molar-refractivity contribution in [3.05, 3.63) is 72.7 Å². The maximum Gasteiger partial charge on any atom is 0.251 e. The second kappa shape index (κ2) is 7.58. The van der Waals surface area contributed by atoms with Crippen LogP contribution >= 0.6 is 0 Å². The molecule has 0 aliphatic heterocycles. The highest BCUT2D eigenvalue weighted by atomic mass is 16.1. The van der Waals surface area contributed by atoms with Gasteiger partial charge in [0.2, 0.25) is 0 Å². The quantitative estimate of drug-likeness (QED) is 0.561. The Kier molecular flexibility index (Phi) is 4.82. The summed E-state index contributed by atoms with van der Waals surface area (Å²) in [6.07, 6.45) is 5.19. The van der Waals surface area contributed by atoms with E-state index in [1.165, 1.54) is 0 Å². The third-order valence-corrected chi connectivity index (χ3v) is 4.47. The SMILES string of the molecule is CC(CN)NC(=O)c1ccnc(-c2cnn3ccc(-c4ccccc4)nc23)c1. The van der Waals surface area contributed by atoms with E-state index in [2.05, 4.69) is 15.4 Å². The van der Waals surface area contributed by atoms with Crippen LogP contribution in [-0.4, -0.2) is 38.1 Å². The first-order valence-corrected chi connectivity index (χ1v) is 9.03. The smallest absolute Gasteiger partial charge is 0.251 e. The van der Waals surface area contributed by atoms with Gasteiger partial charge in [0.1, 0.15) is 0 Å². The number of hydrogen-bond donors (Lipinski definition) is 2. The summed E-state index contributed by atoms with van der Waals surface area (Å²) in [6.45, 7) is 2.24. The number of nitrogens with two attached hydrogens (primary N) is 1. The van der Waals surface area contributed by atoms with Crippen LogP contribution < -0.4 is 11.1 Å². The van der Waals surface area contributed by atoms with E-state index in [1.807, 2.05) is 49.5 Å². The third kappa shape index (κ3) is 3.47. The molecule has 0 aliphatic rings. The van der Waals surface area contributed by atoms with Crippen LogP contribution in [0.15, 0.2) is 67.1 Å². The van der Waals surface area contributed by atoms with Crippen LogP contribution in [0.2, 0.25) is 0 Å². The number of aromatic nitrogens is 4. The average molecular weight is 372 g/mol. The molecule has 7 nitrogen and oxygen atoms in total. The lowest BCUT2D eigenvalue weighted by molar-refractivity contribution is 0.0941. The van der Waals surface area contributed by atoms with E-state index >= 15 is 0 Å². The molecular formula is C21H20N6O. The molecule has 3 heterocycles. The first-order valence-electron chi connectivity index (χ1n) is 9.03. The standard InChI is InChI=1S/C21H20N6O/c1-14(12-22)25-21(28)16-7-9-23-19(11-16)17-13-24-27-10-8-18(26-20(17)27)15-5-3-2-4-6-15/h2-11,13-14H,12,22H2,1H3,(H,25,28). The van der Waals surface area contributed by atoms with Gasteiger partial charge < -0.3 is 11.1 Å². The number of pyridine rings is 1. The topological polar surface area (TPSA) is 98.2 Å². The predicted molar refractivity (Wildman–Crippen MR) is 108 cm³/mol. The van der Waals surface area contributed by atoms with Crippen LogP contribution in [0.5, 0.6) is 0 Å². The summed E-state index contributed by atoms with van der Waals surface area (Å²) in [7, 11) is 0. The second-order valence-electron chi connectivity index (χ2n) is 6.55. The van der Waals surface area contributed by atoms with E-state index in [4.69, 9.17) is 10.7 Å². The molecule has 1 unspecified atom stereocenters. The molecule has 28 heavy (non-hydrogen) atoms. The van der Waals surface area contributed by atoms with Crippen molar-refractivity contribution in [2.45, 2.75) is 13.0 Å². The second-order valence-corrected chi connectivity index (χ2v) is 6.55. The number of fused-ring (bicyclic) bond motifs is 1. The molecule has 0 saturated carbocycles. The van der Waals surface area contributed by atoms with Crippen molar-refractivity contribution in [2.75, 3.05) is 6.54 Å². The van der Waals surface area contributed by atoms with Gasteiger partial charge in [0.05, 0.1) is 23.1 Å². The number of carbonyl (C=O) groups is 1. The zero-order valence-electron chi connectivity index (χ0n) is 15.4. The largest absolute Gasteiger partial charge is 0.348 e. The Morgan fingerprint density at radius 3 is 2.79 bits per heavy atom. The highest BCUT2D eigenvalue weighted by Gasteiger charge is 2.14. The molecular weight excluding hydrogens is 352 g/mol. The van der Waals surface area contributed by atoms with Gasteiger partial charge >= 0.3 is 0 Å². The molecule has 1 amide bonds. The van der Waals surface area contributed by atoms with Gasteiger partial charge in [-0.1, -0.05) is 30.3 Å². The van der Waals surface area contributed by atoms with Crippen LogP contribution in [0.4, 0.5) is 0 Å². The van der Waals surface area contributed by atoms with E-state index < -0.39 is 0 Å². The van der Waals surface area contributed by atoms with Crippen molar-refractivity contribution in [3.8, 4) is 22.5 Å². The van der Waals surface area contributed by atoms with Crippen LogP contribution in [0.3, 0.4) is 0 Å². The lowest BCUT2D eigenvalue weighted by Crippen LogP contribution is -2.37. The van der Waals surface area contributed by atoms with Crippen LogP contribution in [0, 0.1) is 0 Å². The van der Waals surface area contributed by atoms with E-state index in [9.17, 15) is 4.79 Å². The Bertz CT molecular complexity index is 1120. The maximum absolute atomic E-state index is 12.4. The summed E-state index contributed by atoms with van der Waals surface area (Å²) in [5.74, 6) is -0.184. The fourth-order valence-electron chi connectivity index (χ4n) is 2.90. The fraction of sp³-hybridized carbons (Fsp3) is 0.143. The number of amides is 1. The number of carbonyl (C=O) groups excluding carboxylic acids is 1. The molecule has 0 radical (unpaired) electrons. The van der Waals surface area contributed by atoms with Crippen molar-refractivity contribution >= 4 is 11.6 Å². The minimum Gasteiger partial charge on any atom is -0.348 e.